The summed E-state index contributed by atoms with van der Waals surface area (Å²) in [6.07, 6.45) is 18.7. The van der Waals surface area contributed by atoms with Crippen molar-refractivity contribution < 1.29 is 34.1 Å². The molecule has 240 valence electrons. The maximum Gasteiger partial charge on any atom is 0.328 e. The number of aliphatic carboxylic acids is 2. The Balaban J connectivity index is 0.000000488. The number of aryl methyl sites for hydroxylation is 1. The number of carbonyl (C=O) groups is 3. The van der Waals surface area contributed by atoms with Crippen molar-refractivity contribution >= 4 is 34.4 Å². The molecule has 2 aliphatic carbocycles. The van der Waals surface area contributed by atoms with Gasteiger partial charge in [0.05, 0.1) is 12.0 Å². The molecule has 0 saturated heterocycles. The molecule has 4 atom stereocenters. The number of carboxylic acids is 2. The zero-order valence-electron chi connectivity index (χ0n) is 26.4. The summed E-state index contributed by atoms with van der Waals surface area (Å²) in [5.41, 5.74) is 5.41. The van der Waals surface area contributed by atoms with Crippen molar-refractivity contribution in [3.8, 4) is 0 Å². The van der Waals surface area contributed by atoms with Crippen LogP contribution in [0.1, 0.15) is 82.3 Å². The van der Waals surface area contributed by atoms with Crippen LogP contribution in [0.25, 0.3) is 16.5 Å². The summed E-state index contributed by atoms with van der Waals surface area (Å²) in [4.78, 5) is 34.7. The van der Waals surface area contributed by atoms with Gasteiger partial charge in [-0.05, 0) is 61.9 Å². The zero-order valence-corrected chi connectivity index (χ0v) is 26.4. The molecule has 1 aromatic heterocycles. The van der Waals surface area contributed by atoms with Crippen molar-refractivity contribution in [2.45, 2.75) is 102 Å². The van der Waals surface area contributed by atoms with Gasteiger partial charge in [0.1, 0.15) is 6.10 Å². The SMILES string of the molecule is CCCCCCCCn1cc2c3c(cccc31)C1=C[C@@H](C(=O)OC3CCCC(OC)C3)CN(C)[C@@H]1C2.O=C(O)/C=C\C(=O)O. The first-order chi connectivity index (χ1) is 21.2. The molecule has 2 aromatic rings. The predicted octanol–water partition coefficient (Wildman–Crippen LogP) is 6.08. The lowest BCUT2D eigenvalue weighted by molar-refractivity contribution is -0.156. The molecule has 0 spiro atoms. The van der Waals surface area contributed by atoms with Crippen LogP contribution in [0.15, 0.2) is 42.6 Å². The number of carbonyl (C=O) groups excluding carboxylic acids is 1. The highest BCUT2D eigenvalue weighted by molar-refractivity contribution is 5.99. The van der Waals surface area contributed by atoms with Gasteiger partial charge in [0, 0.05) is 61.9 Å². The van der Waals surface area contributed by atoms with Gasteiger partial charge in [-0.2, -0.15) is 0 Å². The molecular formula is C35H48N2O7. The first-order valence-corrected chi connectivity index (χ1v) is 16.1. The molecule has 0 radical (unpaired) electrons. The van der Waals surface area contributed by atoms with E-state index < -0.39 is 11.9 Å². The van der Waals surface area contributed by atoms with E-state index in [0.29, 0.717) is 18.2 Å². The minimum Gasteiger partial charge on any atom is -0.478 e. The van der Waals surface area contributed by atoms with Crippen LogP contribution >= 0.6 is 0 Å². The molecule has 2 unspecified atom stereocenters. The van der Waals surface area contributed by atoms with Crippen LogP contribution in [0, 0.1) is 5.92 Å². The average Bonchev–Trinajstić information content (AvgIpc) is 3.37. The van der Waals surface area contributed by atoms with Gasteiger partial charge in [-0.3, -0.25) is 9.69 Å². The van der Waals surface area contributed by atoms with Crippen LogP contribution in [0.5, 0.6) is 0 Å². The van der Waals surface area contributed by atoms with Crippen LogP contribution in [0.4, 0.5) is 0 Å². The minimum atomic E-state index is -1.26. The van der Waals surface area contributed by atoms with E-state index in [1.807, 2.05) is 0 Å². The van der Waals surface area contributed by atoms with Gasteiger partial charge in [-0.15, -0.1) is 0 Å². The number of fused-ring (bicyclic) bond motifs is 2. The zero-order chi connectivity index (χ0) is 31.6. The summed E-state index contributed by atoms with van der Waals surface area (Å²) in [7, 11) is 3.92. The van der Waals surface area contributed by atoms with Crippen molar-refractivity contribution in [1.82, 2.24) is 9.47 Å². The number of unbranched alkanes of at least 4 members (excludes halogenated alkanes) is 5. The van der Waals surface area contributed by atoms with Gasteiger partial charge in [0.25, 0.3) is 0 Å². The minimum absolute atomic E-state index is 0.0185. The monoisotopic (exact) mass is 608 g/mol. The average molecular weight is 609 g/mol. The van der Waals surface area contributed by atoms with Crippen molar-refractivity contribution in [2.24, 2.45) is 5.92 Å². The molecule has 3 aliphatic rings. The van der Waals surface area contributed by atoms with Crippen LogP contribution in [-0.4, -0.2) is 76.5 Å². The quantitative estimate of drug-likeness (QED) is 0.169. The standard InChI is InChI=1S/C31H44N2O3.C4H4O4/c1-4-5-6-7-8-9-16-33-21-22-18-29-27(26-14-11-15-28(33)30(22)26)17-23(20-32(29)2)31(34)36-25-13-10-12-24(19-25)35-3;5-3(6)1-2-4(7)8/h11,14-15,17,21,23-25,29H,4-10,12-13,16,18-20H2,1-3H3;1-2H,(H,5,6)(H,7,8)/b;2-1-/t23-,24?,25?,29-;/m1./s1. The summed E-state index contributed by atoms with van der Waals surface area (Å²) in [5.74, 6) is -2.81. The topological polar surface area (TPSA) is 118 Å². The molecule has 44 heavy (non-hydrogen) atoms. The maximum absolute atomic E-state index is 13.2. The fourth-order valence-corrected chi connectivity index (χ4v) is 6.84. The lowest BCUT2D eigenvalue weighted by atomic mass is 9.80. The van der Waals surface area contributed by atoms with E-state index in [-0.39, 0.29) is 24.1 Å². The smallest absolute Gasteiger partial charge is 0.328 e. The number of hydrogen-bond donors (Lipinski definition) is 2. The van der Waals surface area contributed by atoms with Crippen molar-refractivity contribution in [3.05, 3.63) is 53.8 Å². The fourth-order valence-electron chi connectivity index (χ4n) is 6.84. The first-order valence-electron chi connectivity index (χ1n) is 16.1. The maximum atomic E-state index is 13.2. The Labute approximate surface area is 260 Å². The van der Waals surface area contributed by atoms with Crippen LogP contribution < -0.4 is 0 Å². The van der Waals surface area contributed by atoms with Crippen LogP contribution in [0.3, 0.4) is 0 Å². The number of aromatic nitrogens is 1. The highest BCUT2D eigenvalue weighted by Crippen LogP contribution is 2.42. The van der Waals surface area contributed by atoms with Crippen molar-refractivity contribution in [3.63, 3.8) is 0 Å². The number of hydrogen-bond acceptors (Lipinski definition) is 6. The number of ether oxygens (including phenoxy) is 2. The normalized spacial score (nSPS) is 23.0. The van der Waals surface area contributed by atoms with Crippen LogP contribution in [0.2, 0.25) is 0 Å². The van der Waals surface area contributed by atoms with Gasteiger partial charge >= 0.3 is 17.9 Å². The molecule has 2 heterocycles. The Bertz CT molecular complexity index is 1340. The number of esters is 1. The Morgan fingerprint density at radius 2 is 1.70 bits per heavy atom. The lowest BCUT2D eigenvalue weighted by Gasteiger charge is -2.39. The molecule has 0 bridgehead atoms. The van der Waals surface area contributed by atoms with Crippen molar-refractivity contribution in [2.75, 3.05) is 20.7 Å². The van der Waals surface area contributed by atoms with E-state index in [4.69, 9.17) is 19.7 Å². The number of rotatable bonds is 12. The Morgan fingerprint density at radius 1 is 1.00 bits per heavy atom. The van der Waals surface area contributed by atoms with Gasteiger partial charge in [-0.1, -0.05) is 57.2 Å². The summed E-state index contributed by atoms with van der Waals surface area (Å²) in [5, 5.41) is 17.0. The number of carboxylic acid groups (broad SMARTS) is 2. The van der Waals surface area contributed by atoms with E-state index in [2.05, 4.69) is 53.9 Å². The number of benzene rings is 1. The highest BCUT2D eigenvalue weighted by atomic mass is 16.5. The molecule has 1 aliphatic heterocycles. The summed E-state index contributed by atoms with van der Waals surface area (Å²) in [6.45, 7) is 4.08. The molecule has 1 saturated carbocycles. The molecule has 2 N–H and O–H groups in total. The fraction of sp³-hybridized carbons (Fsp3) is 0.571. The van der Waals surface area contributed by atoms with Crippen molar-refractivity contribution in [1.29, 1.82) is 0 Å². The predicted molar refractivity (Wildman–Crippen MR) is 170 cm³/mol. The molecule has 9 nitrogen and oxygen atoms in total. The summed E-state index contributed by atoms with van der Waals surface area (Å²) < 4.78 is 14.0. The largest absolute Gasteiger partial charge is 0.478 e. The van der Waals surface area contributed by atoms with Crippen LogP contribution in [-0.2, 0) is 36.8 Å². The lowest BCUT2D eigenvalue weighted by Crippen LogP contribution is -2.45. The summed E-state index contributed by atoms with van der Waals surface area (Å²) in [6, 6.07) is 7.04. The Hall–Kier alpha value is -3.43. The van der Waals surface area contributed by atoms with E-state index in [1.54, 1.807) is 7.11 Å². The number of methoxy groups -OCH3 is 1. The van der Waals surface area contributed by atoms with E-state index in [1.165, 1.54) is 66.1 Å². The number of nitrogens with zero attached hydrogens (tertiary/aromatic N) is 2. The molecule has 1 fully saturated rings. The first kappa shape index (κ1) is 33.5. The highest BCUT2D eigenvalue weighted by Gasteiger charge is 2.37. The van der Waals surface area contributed by atoms with E-state index in [0.717, 1.165) is 45.2 Å². The second-order valence-electron chi connectivity index (χ2n) is 12.3. The van der Waals surface area contributed by atoms with Gasteiger partial charge in [-0.25, -0.2) is 9.59 Å². The Kier molecular flexibility index (Phi) is 12.2. The summed E-state index contributed by atoms with van der Waals surface area (Å²) >= 11 is 0. The molecule has 5 rings (SSSR count). The second-order valence-corrected chi connectivity index (χ2v) is 12.3. The number of likely N-dealkylation sites (N-methyl/N-ethyl adjacent to an activating group) is 1. The molecule has 0 amide bonds. The third-order valence-corrected chi connectivity index (χ3v) is 9.08. The van der Waals surface area contributed by atoms with Gasteiger partial charge < -0.3 is 24.3 Å². The third kappa shape index (κ3) is 8.60. The molecule has 1 aromatic carbocycles. The molecule has 9 heteroatoms. The van der Waals surface area contributed by atoms with Gasteiger partial charge in [0.2, 0.25) is 0 Å². The third-order valence-electron chi connectivity index (χ3n) is 9.08. The van der Waals surface area contributed by atoms with Gasteiger partial charge in [0.15, 0.2) is 0 Å². The molecular weight excluding hydrogens is 560 g/mol. The second kappa shape index (κ2) is 16.0. The Morgan fingerprint density at radius 3 is 2.41 bits per heavy atom. The van der Waals surface area contributed by atoms with E-state index >= 15 is 0 Å². The van der Waals surface area contributed by atoms with E-state index in [9.17, 15) is 14.4 Å².